The van der Waals surface area contributed by atoms with Gasteiger partial charge in [-0.1, -0.05) is 17.7 Å². The number of amides is 1. The highest BCUT2D eigenvalue weighted by atomic mass is 16.5. The summed E-state index contributed by atoms with van der Waals surface area (Å²) in [6.07, 6.45) is 1.52. The monoisotopic (exact) mass is 273 g/mol. The van der Waals surface area contributed by atoms with E-state index in [1.165, 1.54) is 12.3 Å². The van der Waals surface area contributed by atoms with E-state index in [4.69, 9.17) is 4.74 Å². The van der Waals surface area contributed by atoms with Crippen LogP contribution in [0.15, 0.2) is 41.3 Å². The second-order valence-electron chi connectivity index (χ2n) is 4.25. The van der Waals surface area contributed by atoms with E-state index in [-0.39, 0.29) is 18.9 Å². The van der Waals surface area contributed by atoms with E-state index in [0.29, 0.717) is 5.82 Å². The van der Waals surface area contributed by atoms with Crippen molar-refractivity contribution in [3.05, 3.63) is 52.6 Å². The highest BCUT2D eigenvalue weighted by Gasteiger charge is 2.03. The molecule has 0 saturated heterocycles. The Labute approximate surface area is 115 Å². The largest absolute Gasteiger partial charge is 0.493 e. The van der Waals surface area contributed by atoms with Crippen LogP contribution < -0.4 is 15.7 Å². The Morgan fingerprint density at radius 1 is 1.30 bits per heavy atom. The van der Waals surface area contributed by atoms with E-state index < -0.39 is 5.69 Å². The molecule has 0 bridgehead atoms. The van der Waals surface area contributed by atoms with Gasteiger partial charge in [0, 0.05) is 6.20 Å². The molecule has 0 unspecified atom stereocenters. The number of carbonyl (C=O) groups is 1. The maximum absolute atomic E-state index is 11.6. The summed E-state index contributed by atoms with van der Waals surface area (Å²) in [5.74, 6) is 0.810. The predicted molar refractivity (Wildman–Crippen MR) is 74.8 cm³/mol. The molecular formula is C14H15N3O3. The van der Waals surface area contributed by atoms with Crippen LogP contribution in [-0.4, -0.2) is 22.5 Å². The van der Waals surface area contributed by atoms with Gasteiger partial charge in [0.15, 0.2) is 0 Å². The standard InChI is InChI=1S/C14H15N3O3/c1-10-2-4-11(5-3-10)20-9-7-13(18)16-12-6-8-15-14(19)17-12/h2-6,8H,7,9H2,1H3,(H2,15,16,17,18,19). The van der Waals surface area contributed by atoms with Gasteiger partial charge in [0.05, 0.1) is 13.0 Å². The first-order valence-corrected chi connectivity index (χ1v) is 6.18. The minimum atomic E-state index is -0.501. The molecule has 1 aromatic carbocycles. The summed E-state index contributed by atoms with van der Waals surface area (Å²) in [5.41, 5.74) is 0.649. The van der Waals surface area contributed by atoms with Crippen molar-refractivity contribution < 1.29 is 9.53 Å². The molecular weight excluding hydrogens is 258 g/mol. The first kappa shape index (κ1) is 13.8. The van der Waals surface area contributed by atoms with E-state index in [1.807, 2.05) is 31.2 Å². The van der Waals surface area contributed by atoms with Gasteiger partial charge in [0.1, 0.15) is 11.6 Å². The summed E-state index contributed by atoms with van der Waals surface area (Å²) in [4.78, 5) is 28.5. The lowest BCUT2D eigenvalue weighted by Gasteiger charge is -2.07. The number of benzene rings is 1. The molecule has 0 atom stereocenters. The predicted octanol–water partition coefficient (Wildman–Crippen LogP) is 1.49. The van der Waals surface area contributed by atoms with Gasteiger partial charge in [-0.05, 0) is 25.1 Å². The van der Waals surface area contributed by atoms with Crippen LogP contribution in [0.2, 0.25) is 0 Å². The molecule has 6 nitrogen and oxygen atoms in total. The fourth-order valence-electron chi connectivity index (χ4n) is 1.55. The summed E-state index contributed by atoms with van der Waals surface area (Å²) < 4.78 is 5.45. The van der Waals surface area contributed by atoms with Crippen LogP contribution in [0.5, 0.6) is 5.75 Å². The van der Waals surface area contributed by atoms with E-state index in [0.717, 1.165) is 11.3 Å². The van der Waals surface area contributed by atoms with Gasteiger partial charge in [-0.15, -0.1) is 0 Å². The summed E-state index contributed by atoms with van der Waals surface area (Å²) in [6.45, 7) is 2.26. The Morgan fingerprint density at radius 2 is 2.05 bits per heavy atom. The van der Waals surface area contributed by atoms with Crippen LogP contribution in [-0.2, 0) is 4.79 Å². The summed E-state index contributed by atoms with van der Waals surface area (Å²) in [7, 11) is 0. The lowest BCUT2D eigenvalue weighted by molar-refractivity contribution is -0.116. The molecule has 0 spiro atoms. The number of ether oxygens (including phenoxy) is 1. The molecule has 0 aliphatic heterocycles. The lowest BCUT2D eigenvalue weighted by atomic mass is 10.2. The normalized spacial score (nSPS) is 10.1. The quantitative estimate of drug-likeness (QED) is 0.864. The number of nitrogens with zero attached hydrogens (tertiary/aromatic N) is 1. The third-order valence-corrected chi connectivity index (χ3v) is 2.57. The second kappa shape index (κ2) is 6.51. The Kier molecular flexibility index (Phi) is 4.49. The molecule has 6 heteroatoms. The fraction of sp³-hybridized carbons (Fsp3) is 0.214. The number of aromatic nitrogens is 2. The highest BCUT2D eigenvalue weighted by Crippen LogP contribution is 2.11. The van der Waals surface area contributed by atoms with E-state index >= 15 is 0 Å². The zero-order valence-electron chi connectivity index (χ0n) is 11.1. The molecule has 1 heterocycles. The zero-order valence-corrected chi connectivity index (χ0v) is 11.1. The first-order chi connectivity index (χ1) is 9.63. The average molecular weight is 273 g/mol. The fourth-order valence-corrected chi connectivity index (χ4v) is 1.55. The van der Waals surface area contributed by atoms with Gasteiger partial charge in [0.2, 0.25) is 5.91 Å². The number of nitrogens with one attached hydrogen (secondary N) is 2. The van der Waals surface area contributed by atoms with E-state index in [2.05, 4.69) is 15.3 Å². The van der Waals surface area contributed by atoms with Crippen molar-refractivity contribution in [2.24, 2.45) is 0 Å². The Hall–Kier alpha value is -2.63. The molecule has 2 N–H and O–H groups in total. The van der Waals surface area contributed by atoms with Crippen molar-refractivity contribution in [3.8, 4) is 5.75 Å². The SMILES string of the molecule is Cc1ccc(OCCC(=O)Nc2ccnc(=O)[nH]2)cc1. The number of hydrogen-bond acceptors (Lipinski definition) is 4. The molecule has 2 rings (SSSR count). The Bertz CT molecular complexity index is 635. The average Bonchev–Trinajstić information content (AvgIpc) is 2.41. The number of aryl methyl sites for hydroxylation is 1. The molecule has 0 aliphatic carbocycles. The van der Waals surface area contributed by atoms with Crippen molar-refractivity contribution in [2.45, 2.75) is 13.3 Å². The molecule has 1 aromatic heterocycles. The molecule has 1 amide bonds. The van der Waals surface area contributed by atoms with Crippen LogP contribution in [0.3, 0.4) is 0 Å². The molecule has 20 heavy (non-hydrogen) atoms. The van der Waals surface area contributed by atoms with Gasteiger partial charge in [-0.2, -0.15) is 0 Å². The van der Waals surface area contributed by atoms with Crippen LogP contribution in [0.4, 0.5) is 5.82 Å². The van der Waals surface area contributed by atoms with Crippen molar-refractivity contribution in [1.82, 2.24) is 9.97 Å². The van der Waals surface area contributed by atoms with Crippen molar-refractivity contribution in [3.63, 3.8) is 0 Å². The smallest absolute Gasteiger partial charge is 0.346 e. The molecule has 104 valence electrons. The van der Waals surface area contributed by atoms with E-state index in [9.17, 15) is 9.59 Å². The third-order valence-electron chi connectivity index (χ3n) is 2.57. The highest BCUT2D eigenvalue weighted by molar-refractivity contribution is 5.89. The van der Waals surface area contributed by atoms with Crippen molar-refractivity contribution in [2.75, 3.05) is 11.9 Å². The van der Waals surface area contributed by atoms with Crippen molar-refractivity contribution >= 4 is 11.7 Å². The number of H-pyrrole nitrogens is 1. The van der Waals surface area contributed by atoms with Gasteiger partial charge in [-0.25, -0.2) is 9.78 Å². The summed E-state index contributed by atoms with van der Waals surface area (Å²) >= 11 is 0. The van der Waals surface area contributed by atoms with Crippen LogP contribution in [0.1, 0.15) is 12.0 Å². The maximum atomic E-state index is 11.6. The van der Waals surface area contributed by atoms with Gasteiger partial charge in [0.25, 0.3) is 0 Å². The number of rotatable bonds is 5. The topological polar surface area (TPSA) is 84.1 Å². The zero-order chi connectivity index (χ0) is 14.4. The number of anilines is 1. The Morgan fingerprint density at radius 3 is 2.75 bits per heavy atom. The molecule has 0 fully saturated rings. The Balaban J connectivity index is 1.78. The van der Waals surface area contributed by atoms with Crippen LogP contribution in [0.25, 0.3) is 0 Å². The second-order valence-corrected chi connectivity index (χ2v) is 4.25. The summed E-state index contributed by atoms with van der Waals surface area (Å²) in [5, 5.41) is 2.56. The third kappa shape index (κ3) is 4.24. The molecule has 0 saturated carbocycles. The lowest BCUT2D eigenvalue weighted by Crippen LogP contribution is -2.19. The van der Waals surface area contributed by atoms with Gasteiger partial charge < -0.3 is 10.1 Å². The number of aromatic amines is 1. The van der Waals surface area contributed by atoms with Crippen LogP contribution in [0, 0.1) is 6.92 Å². The van der Waals surface area contributed by atoms with Crippen LogP contribution >= 0.6 is 0 Å². The number of hydrogen-bond donors (Lipinski definition) is 2. The minimum Gasteiger partial charge on any atom is -0.493 e. The molecule has 0 aliphatic rings. The number of carbonyl (C=O) groups excluding carboxylic acids is 1. The summed E-state index contributed by atoms with van der Waals surface area (Å²) in [6, 6.07) is 9.11. The van der Waals surface area contributed by atoms with Gasteiger partial charge >= 0.3 is 5.69 Å². The van der Waals surface area contributed by atoms with E-state index in [1.54, 1.807) is 0 Å². The first-order valence-electron chi connectivity index (χ1n) is 6.18. The van der Waals surface area contributed by atoms with Gasteiger partial charge in [-0.3, -0.25) is 9.78 Å². The van der Waals surface area contributed by atoms with Crippen molar-refractivity contribution in [1.29, 1.82) is 0 Å². The molecule has 2 aromatic rings. The minimum absolute atomic E-state index is 0.193. The maximum Gasteiger partial charge on any atom is 0.346 e. The molecule has 0 radical (unpaired) electrons.